The highest BCUT2D eigenvalue weighted by Crippen LogP contribution is 2.39. The van der Waals surface area contributed by atoms with Crippen LogP contribution in [0.15, 0.2) is 120 Å². The van der Waals surface area contributed by atoms with E-state index < -0.39 is 0 Å². The molecule has 6 rings (SSSR count). The van der Waals surface area contributed by atoms with Crippen molar-refractivity contribution in [1.29, 1.82) is 5.26 Å². The fourth-order valence-electron chi connectivity index (χ4n) is 5.38. The topological polar surface area (TPSA) is 39.4 Å². The monoisotopic (exact) mass is 527 g/mol. The number of aryl methyl sites for hydroxylation is 2. The van der Waals surface area contributed by atoms with Crippen LogP contribution in [0.5, 0.6) is 0 Å². The molecule has 0 fully saturated rings. The van der Waals surface area contributed by atoms with Crippen molar-refractivity contribution < 1.29 is 0 Å². The quantitative estimate of drug-likeness (QED) is 0.123. The number of benzene rings is 6. The molecule has 0 radical (unpaired) electrons. The number of aliphatic imine (C=N–C) groups is 1. The Morgan fingerprint density at radius 1 is 0.610 bits per heavy atom. The fourth-order valence-corrected chi connectivity index (χ4v) is 5.38. The van der Waals surface area contributed by atoms with Gasteiger partial charge in [0.1, 0.15) is 6.07 Å². The van der Waals surface area contributed by atoms with Gasteiger partial charge >= 0.3 is 0 Å². The lowest BCUT2D eigenvalue weighted by molar-refractivity contribution is 1.27. The second-order valence-corrected chi connectivity index (χ2v) is 10.3. The maximum atomic E-state index is 9.88. The SMILES string of the molecule is C=Nc1c(C#N)c2ccc(C)cc2c2cc(C=Cc3ccc(N(c4ccccc4)c4ccc(C)cc4)cc3)ccc12. The molecule has 0 spiro atoms. The summed E-state index contributed by atoms with van der Waals surface area (Å²) < 4.78 is 0. The van der Waals surface area contributed by atoms with Gasteiger partial charge in [-0.25, -0.2) is 0 Å². The first-order chi connectivity index (χ1) is 20.1. The van der Waals surface area contributed by atoms with Crippen molar-refractivity contribution in [1.82, 2.24) is 0 Å². The maximum absolute atomic E-state index is 9.88. The molecule has 0 aromatic heterocycles. The second-order valence-electron chi connectivity index (χ2n) is 10.3. The summed E-state index contributed by atoms with van der Waals surface area (Å²) in [5.41, 5.74) is 9.13. The van der Waals surface area contributed by atoms with Crippen LogP contribution in [-0.2, 0) is 0 Å². The number of hydrogen-bond donors (Lipinski definition) is 0. The molecule has 0 aliphatic carbocycles. The Bertz CT molecular complexity index is 1960. The standard InChI is InChI=1S/C38H29N3/c1-26-9-17-31(18-10-26)41(30-7-5-4-6-8-30)32-19-14-28(15-20-32)12-13-29-16-22-34-36(24-29)35-23-27(2)11-21-33(35)37(25-39)38(34)40-3/h4-24H,3H2,1-2H3. The van der Waals surface area contributed by atoms with Crippen LogP contribution in [0.25, 0.3) is 33.7 Å². The Balaban J connectivity index is 1.36. The van der Waals surface area contributed by atoms with E-state index in [1.54, 1.807) is 0 Å². The molecule has 3 nitrogen and oxygen atoms in total. The lowest BCUT2D eigenvalue weighted by Crippen LogP contribution is -2.09. The van der Waals surface area contributed by atoms with Crippen molar-refractivity contribution in [3.05, 3.63) is 143 Å². The molecule has 0 aliphatic heterocycles. The minimum Gasteiger partial charge on any atom is -0.311 e. The first kappa shape index (κ1) is 25.8. The summed E-state index contributed by atoms with van der Waals surface area (Å²) in [4.78, 5) is 6.51. The Morgan fingerprint density at radius 3 is 1.85 bits per heavy atom. The number of nitriles is 1. The van der Waals surface area contributed by atoms with Crippen LogP contribution in [0.1, 0.15) is 27.8 Å². The zero-order valence-corrected chi connectivity index (χ0v) is 23.2. The molecule has 41 heavy (non-hydrogen) atoms. The maximum Gasteiger partial charge on any atom is 0.102 e. The van der Waals surface area contributed by atoms with Crippen LogP contribution < -0.4 is 4.90 Å². The number of para-hydroxylation sites is 1. The van der Waals surface area contributed by atoms with Gasteiger partial charge in [-0.05, 0) is 84.9 Å². The molecule has 196 valence electrons. The van der Waals surface area contributed by atoms with Crippen molar-refractivity contribution in [3.63, 3.8) is 0 Å². The zero-order chi connectivity index (χ0) is 28.3. The molecule has 6 aromatic rings. The summed E-state index contributed by atoms with van der Waals surface area (Å²) in [6.07, 6.45) is 4.26. The van der Waals surface area contributed by atoms with Crippen LogP contribution in [0.2, 0.25) is 0 Å². The van der Waals surface area contributed by atoms with Crippen LogP contribution in [0.3, 0.4) is 0 Å². The molecule has 0 aliphatic rings. The average molecular weight is 528 g/mol. The molecule has 0 heterocycles. The van der Waals surface area contributed by atoms with Gasteiger partial charge in [0.15, 0.2) is 0 Å². The molecule has 0 saturated heterocycles. The Kier molecular flexibility index (Phi) is 6.90. The van der Waals surface area contributed by atoms with Crippen molar-refractivity contribution in [2.75, 3.05) is 4.90 Å². The number of anilines is 3. The highest BCUT2D eigenvalue weighted by Gasteiger charge is 2.14. The molecular formula is C38H29N3. The van der Waals surface area contributed by atoms with Crippen molar-refractivity contribution in [2.24, 2.45) is 4.99 Å². The van der Waals surface area contributed by atoms with Gasteiger partial charge in [0.05, 0.1) is 11.3 Å². The third kappa shape index (κ3) is 5.00. The van der Waals surface area contributed by atoms with Gasteiger partial charge in [0, 0.05) is 27.8 Å². The van der Waals surface area contributed by atoms with E-state index in [4.69, 9.17) is 0 Å². The smallest absolute Gasteiger partial charge is 0.102 e. The van der Waals surface area contributed by atoms with E-state index in [1.165, 1.54) is 5.56 Å². The summed E-state index contributed by atoms with van der Waals surface area (Å²) in [5, 5.41) is 13.9. The summed E-state index contributed by atoms with van der Waals surface area (Å²) in [6.45, 7) is 7.93. The minimum atomic E-state index is 0.570. The Labute approximate surface area is 241 Å². The van der Waals surface area contributed by atoms with E-state index in [-0.39, 0.29) is 0 Å². The largest absolute Gasteiger partial charge is 0.311 e. The van der Waals surface area contributed by atoms with Gasteiger partial charge in [-0.1, -0.05) is 96.1 Å². The molecule has 0 atom stereocenters. The highest BCUT2D eigenvalue weighted by molar-refractivity contribution is 6.16. The summed E-state index contributed by atoms with van der Waals surface area (Å²) >= 11 is 0. The Hall–Kier alpha value is -5.46. The predicted molar refractivity (Wildman–Crippen MR) is 175 cm³/mol. The van der Waals surface area contributed by atoms with Gasteiger partial charge < -0.3 is 4.90 Å². The molecule has 6 aromatic carbocycles. The van der Waals surface area contributed by atoms with Gasteiger partial charge in [-0.15, -0.1) is 0 Å². The van der Waals surface area contributed by atoms with Crippen LogP contribution in [0, 0.1) is 25.2 Å². The minimum absolute atomic E-state index is 0.570. The fraction of sp³-hybridized carbons (Fsp3) is 0.0526. The van der Waals surface area contributed by atoms with Gasteiger partial charge in [0.25, 0.3) is 0 Å². The normalized spacial score (nSPS) is 11.1. The van der Waals surface area contributed by atoms with E-state index in [0.29, 0.717) is 11.3 Å². The molecule has 0 unspecified atom stereocenters. The predicted octanol–water partition coefficient (Wildman–Crippen LogP) is 10.5. The number of rotatable bonds is 6. The van der Waals surface area contributed by atoms with Gasteiger partial charge in [-0.2, -0.15) is 5.26 Å². The van der Waals surface area contributed by atoms with Crippen LogP contribution in [0.4, 0.5) is 22.7 Å². The van der Waals surface area contributed by atoms with E-state index in [1.807, 2.05) is 24.3 Å². The van der Waals surface area contributed by atoms with Gasteiger partial charge in [0.2, 0.25) is 0 Å². The summed E-state index contributed by atoms with van der Waals surface area (Å²) in [6, 6.07) is 42.5. The molecular weight excluding hydrogens is 498 g/mol. The highest BCUT2D eigenvalue weighted by atomic mass is 15.1. The van der Waals surface area contributed by atoms with Crippen LogP contribution in [-0.4, -0.2) is 6.72 Å². The van der Waals surface area contributed by atoms with E-state index >= 15 is 0 Å². The first-order valence-corrected chi connectivity index (χ1v) is 13.6. The molecule has 0 amide bonds. The molecule has 0 N–H and O–H groups in total. The molecule has 0 saturated carbocycles. The average Bonchev–Trinajstić information content (AvgIpc) is 3.01. The Morgan fingerprint density at radius 2 is 1.17 bits per heavy atom. The van der Waals surface area contributed by atoms with E-state index in [9.17, 15) is 5.26 Å². The van der Waals surface area contributed by atoms with Crippen LogP contribution >= 0.6 is 0 Å². The van der Waals surface area contributed by atoms with E-state index in [0.717, 1.165) is 55.3 Å². The van der Waals surface area contributed by atoms with E-state index in [2.05, 4.69) is 140 Å². The zero-order valence-electron chi connectivity index (χ0n) is 23.2. The van der Waals surface area contributed by atoms with Crippen molar-refractivity contribution in [3.8, 4) is 6.07 Å². The molecule has 0 bridgehead atoms. The van der Waals surface area contributed by atoms with Crippen molar-refractivity contribution in [2.45, 2.75) is 13.8 Å². The second kappa shape index (κ2) is 11.0. The lowest BCUT2D eigenvalue weighted by atomic mass is 9.93. The summed E-state index contributed by atoms with van der Waals surface area (Å²) in [7, 11) is 0. The molecule has 3 heteroatoms. The van der Waals surface area contributed by atoms with Crippen molar-refractivity contribution >= 4 is 63.2 Å². The third-order valence-electron chi connectivity index (χ3n) is 7.47. The number of nitrogens with zero attached hydrogens (tertiary/aromatic N) is 3. The summed E-state index contributed by atoms with van der Waals surface area (Å²) in [5.74, 6) is 0. The number of hydrogen-bond acceptors (Lipinski definition) is 3. The lowest BCUT2D eigenvalue weighted by Gasteiger charge is -2.25. The van der Waals surface area contributed by atoms with Gasteiger partial charge in [-0.3, -0.25) is 4.99 Å². The number of fused-ring (bicyclic) bond motifs is 3. The third-order valence-corrected chi connectivity index (χ3v) is 7.47. The first-order valence-electron chi connectivity index (χ1n) is 13.6.